The van der Waals surface area contributed by atoms with Gasteiger partial charge in [0.05, 0.1) is 31.1 Å². The average molecular weight is 474 g/mol. The lowest BCUT2D eigenvalue weighted by atomic mass is 10.0. The smallest absolute Gasteiger partial charge is 0.265 e. The molecule has 4 rings (SSSR count). The van der Waals surface area contributed by atoms with Gasteiger partial charge in [-0.25, -0.2) is 10.9 Å². The topological polar surface area (TPSA) is 138 Å². The van der Waals surface area contributed by atoms with E-state index < -0.39 is 0 Å². The van der Waals surface area contributed by atoms with Gasteiger partial charge in [0.2, 0.25) is 0 Å². The van der Waals surface area contributed by atoms with Crippen molar-refractivity contribution in [3.05, 3.63) is 82.8 Å². The summed E-state index contributed by atoms with van der Waals surface area (Å²) < 4.78 is 7.35. The highest BCUT2D eigenvalue weighted by atomic mass is 16.5. The molecule has 0 aliphatic carbocycles. The fraction of sp³-hybridized carbons (Fsp3) is 0.292. The summed E-state index contributed by atoms with van der Waals surface area (Å²) in [5.41, 5.74) is 12.8. The molecule has 0 spiro atoms. The van der Waals surface area contributed by atoms with Gasteiger partial charge in [-0.15, -0.1) is 0 Å². The number of aryl methyl sites for hydroxylation is 1. The number of morpholine rings is 1. The molecule has 1 aliphatic rings. The van der Waals surface area contributed by atoms with E-state index >= 15 is 0 Å². The molecule has 3 heterocycles. The van der Waals surface area contributed by atoms with Crippen molar-refractivity contribution in [3.63, 3.8) is 0 Å². The Morgan fingerprint density at radius 3 is 2.91 bits per heavy atom. The number of rotatable bonds is 8. The largest absolute Gasteiger partial charge is 0.375 e. The number of hydrazine groups is 1. The maximum Gasteiger partial charge on any atom is 0.265 e. The van der Waals surface area contributed by atoms with Crippen molar-refractivity contribution >= 4 is 17.7 Å². The number of hydrogen-bond acceptors (Lipinski definition) is 7. The predicted molar refractivity (Wildman–Crippen MR) is 133 cm³/mol. The minimum Gasteiger partial charge on any atom is -0.375 e. The fourth-order valence-corrected chi connectivity index (χ4v) is 3.91. The number of ether oxygens (including phenoxy) is 1. The van der Waals surface area contributed by atoms with Crippen LogP contribution in [0.1, 0.15) is 11.1 Å². The Morgan fingerprint density at radius 1 is 1.34 bits per heavy atom. The lowest BCUT2D eigenvalue weighted by Crippen LogP contribution is -2.43. The third-order valence-corrected chi connectivity index (χ3v) is 5.70. The maximum atomic E-state index is 12.7. The number of aromatic nitrogens is 3. The Bertz CT molecular complexity index is 1230. The monoisotopic (exact) mass is 473 g/mol. The van der Waals surface area contributed by atoms with Crippen LogP contribution in [0.3, 0.4) is 0 Å². The van der Waals surface area contributed by atoms with E-state index in [0.29, 0.717) is 25.4 Å². The number of benzene rings is 1. The number of pyridine rings is 1. The molecule has 35 heavy (non-hydrogen) atoms. The summed E-state index contributed by atoms with van der Waals surface area (Å²) >= 11 is 0. The van der Waals surface area contributed by atoms with Gasteiger partial charge in [0.25, 0.3) is 5.91 Å². The number of carbonyl (C=O) groups excluding carboxylic acids is 1. The normalized spacial score (nSPS) is 16.2. The lowest BCUT2D eigenvalue weighted by Gasteiger charge is -2.32. The molecule has 180 valence electrons. The second-order valence-electron chi connectivity index (χ2n) is 8.21. The molecule has 1 saturated heterocycles. The Kier molecular flexibility index (Phi) is 7.86. The van der Waals surface area contributed by atoms with Gasteiger partial charge in [-0.2, -0.15) is 5.10 Å². The molecule has 2 aromatic heterocycles. The van der Waals surface area contributed by atoms with E-state index in [0.717, 1.165) is 40.4 Å². The van der Waals surface area contributed by atoms with Crippen LogP contribution in [0.2, 0.25) is 0 Å². The molecule has 11 nitrogen and oxygen atoms in total. The minimum absolute atomic E-state index is 0.0960. The van der Waals surface area contributed by atoms with Crippen LogP contribution in [0, 0.1) is 0 Å². The summed E-state index contributed by atoms with van der Waals surface area (Å²) in [6.45, 7) is 3.15. The summed E-state index contributed by atoms with van der Waals surface area (Å²) in [5, 5.41) is 8.93. The summed E-state index contributed by atoms with van der Waals surface area (Å²) in [4.78, 5) is 21.9. The van der Waals surface area contributed by atoms with Crippen molar-refractivity contribution in [2.24, 2.45) is 18.0 Å². The Labute approximate surface area is 203 Å². The van der Waals surface area contributed by atoms with E-state index in [1.165, 1.54) is 6.08 Å². The van der Waals surface area contributed by atoms with E-state index in [2.05, 4.69) is 25.0 Å². The van der Waals surface area contributed by atoms with E-state index in [1.807, 2.05) is 43.6 Å². The van der Waals surface area contributed by atoms with Crippen LogP contribution in [0.25, 0.3) is 27.6 Å². The lowest BCUT2D eigenvalue weighted by molar-refractivity contribution is -0.114. The molecule has 0 bridgehead atoms. The molecule has 2 N–H and O–H groups in total. The van der Waals surface area contributed by atoms with Crippen LogP contribution in [-0.4, -0.2) is 57.9 Å². The zero-order chi connectivity index (χ0) is 24.6. The first-order chi connectivity index (χ1) is 17.0. The van der Waals surface area contributed by atoms with Gasteiger partial charge in [-0.05, 0) is 40.9 Å². The van der Waals surface area contributed by atoms with Gasteiger partial charge in [-0.1, -0.05) is 17.2 Å². The first kappa shape index (κ1) is 24.1. The van der Waals surface area contributed by atoms with Crippen molar-refractivity contribution in [2.45, 2.75) is 12.6 Å². The summed E-state index contributed by atoms with van der Waals surface area (Å²) in [5.74, 6) is 5.74. The van der Waals surface area contributed by atoms with Crippen molar-refractivity contribution < 1.29 is 9.53 Å². The zero-order valence-corrected chi connectivity index (χ0v) is 19.4. The second-order valence-corrected chi connectivity index (χ2v) is 8.21. The number of azide groups is 1. The second kappa shape index (κ2) is 11.4. The van der Waals surface area contributed by atoms with Gasteiger partial charge in [-0.3, -0.25) is 19.4 Å². The van der Waals surface area contributed by atoms with Crippen LogP contribution >= 0.6 is 0 Å². The van der Waals surface area contributed by atoms with Crippen LogP contribution in [0.15, 0.2) is 66.3 Å². The molecule has 1 atom stereocenters. The number of nitrogens with two attached hydrogens (primary N) is 1. The van der Waals surface area contributed by atoms with Crippen LogP contribution in [-0.2, 0) is 23.1 Å². The molecular formula is C24H27N9O2. The van der Waals surface area contributed by atoms with Crippen LogP contribution < -0.4 is 10.9 Å². The first-order valence-electron chi connectivity index (χ1n) is 11.2. The standard InChI is InChI=1S/C24H27N9O2/c1-31-16-20(13-29-31)23-8-9-27-12-19(23)4-7-24(34)33(26)21-5-2-18(3-6-21)15-32-10-11-35-22(17-32)14-28-30-25/h2-9,12-13,16,22H,10-11,14-15,17,26H2,1H3/b7-4+. The minimum atomic E-state index is -0.354. The van der Waals surface area contributed by atoms with E-state index in [9.17, 15) is 4.79 Å². The Balaban J connectivity index is 1.38. The van der Waals surface area contributed by atoms with Crippen molar-refractivity contribution in [1.82, 2.24) is 19.7 Å². The van der Waals surface area contributed by atoms with E-state index in [4.69, 9.17) is 16.1 Å². The van der Waals surface area contributed by atoms with Crippen molar-refractivity contribution in [1.29, 1.82) is 0 Å². The molecule has 1 unspecified atom stereocenters. The molecule has 3 aromatic rings. The number of carbonyl (C=O) groups is 1. The molecule has 0 radical (unpaired) electrons. The summed E-state index contributed by atoms with van der Waals surface area (Å²) in [6.07, 6.45) is 10.1. The first-order valence-corrected chi connectivity index (χ1v) is 11.2. The van der Waals surface area contributed by atoms with E-state index in [1.54, 1.807) is 29.3 Å². The van der Waals surface area contributed by atoms with Gasteiger partial charge < -0.3 is 4.74 Å². The van der Waals surface area contributed by atoms with Crippen molar-refractivity contribution in [2.75, 3.05) is 31.3 Å². The fourth-order valence-electron chi connectivity index (χ4n) is 3.91. The van der Waals surface area contributed by atoms with Crippen molar-refractivity contribution in [3.8, 4) is 11.1 Å². The molecule has 11 heteroatoms. The van der Waals surface area contributed by atoms with Crippen LogP contribution in [0.4, 0.5) is 5.69 Å². The molecular weight excluding hydrogens is 446 g/mol. The highest BCUT2D eigenvalue weighted by Gasteiger charge is 2.20. The molecule has 1 aromatic carbocycles. The third kappa shape index (κ3) is 6.31. The number of hydrogen-bond donors (Lipinski definition) is 1. The van der Waals surface area contributed by atoms with Gasteiger partial charge in [0, 0.05) is 67.4 Å². The summed E-state index contributed by atoms with van der Waals surface area (Å²) in [7, 11) is 1.85. The quantitative estimate of drug-likeness (QED) is 0.102. The Hall–Kier alpha value is -4.02. The van der Waals surface area contributed by atoms with Crippen LogP contribution in [0.5, 0.6) is 0 Å². The number of amides is 1. The summed E-state index contributed by atoms with van der Waals surface area (Å²) in [6, 6.07) is 9.43. The predicted octanol–water partition coefficient (Wildman–Crippen LogP) is 2.91. The number of anilines is 1. The molecule has 0 saturated carbocycles. The average Bonchev–Trinajstić information content (AvgIpc) is 3.32. The maximum absolute atomic E-state index is 12.7. The third-order valence-electron chi connectivity index (χ3n) is 5.70. The Morgan fingerprint density at radius 2 is 2.17 bits per heavy atom. The SMILES string of the molecule is Cn1cc(-c2ccncc2/C=C/C(=O)N(N)c2ccc(CN3CCOC(CN=[N+]=[N-])C3)cc2)cn1. The molecule has 1 aliphatic heterocycles. The zero-order valence-electron chi connectivity index (χ0n) is 19.4. The highest BCUT2D eigenvalue weighted by Crippen LogP contribution is 2.23. The van der Waals surface area contributed by atoms with E-state index in [-0.39, 0.29) is 12.0 Å². The van der Waals surface area contributed by atoms with Gasteiger partial charge in [0.1, 0.15) is 0 Å². The number of nitrogens with zero attached hydrogens (tertiary/aromatic N) is 8. The van der Waals surface area contributed by atoms with Gasteiger partial charge >= 0.3 is 0 Å². The highest BCUT2D eigenvalue weighted by molar-refractivity contribution is 6.03. The van der Waals surface area contributed by atoms with Gasteiger partial charge in [0.15, 0.2) is 0 Å². The molecule has 1 fully saturated rings. The molecule has 1 amide bonds.